The number of para-hydroxylation sites is 1. The summed E-state index contributed by atoms with van der Waals surface area (Å²) in [7, 11) is 0. The van der Waals surface area contributed by atoms with Crippen molar-refractivity contribution in [3.8, 4) is 5.75 Å². The lowest BCUT2D eigenvalue weighted by Gasteiger charge is -2.11. The molecule has 2 aromatic carbocycles. The van der Waals surface area contributed by atoms with Crippen LogP contribution in [0.1, 0.15) is 36.4 Å². The second kappa shape index (κ2) is 6.60. The Bertz CT molecular complexity index is 838. The van der Waals surface area contributed by atoms with E-state index in [0.29, 0.717) is 18.0 Å². The fourth-order valence-corrected chi connectivity index (χ4v) is 3.28. The third-order valence-electron chi connectivity index (χ3n) is 4.59. The SMILES string of the molecule is Fc1cccc2ccc(COc3ccc(C4[CH]CCC4)cc3)nc12. The molecule has 3 aromatic rings. The Hall–Kier alpha value is -2.42. The first-order chi connectivity index (χ1) is 11.8. The Morgan fingerprint density at radius 3 is 2.71 bits per heavy atom. The number of fused-ring (bicyclic) bond motifs is 1. The van der Waals surface area contributed by atoms with Crippen LogP contribution in [0.5, 0.6) is 5.75 Å². The van der Waals surface area contributed by atoms with E-state index in [1.54, 1.807) is 6.07 Å². The fourth-order valence-electron chi connectivity index (χ4n) is 3.28. The molecule has 0 saturated heterocycles. The molecule has 0 bridgehead atoms. The van der Waals surface area contributed by atoms with Crippen LogP contribution in [0.3, 0.4) is 0 Å². The van der Waals surface area contributed by atoms with Gasteiger partial charge in [0.1, 0.15) is 23.7 Å². The molecular weight excluding hydrogens is 301 g/mol. The molecule has 3 heteroatoms. The molecule has 0 N–H and O–H groups in total. The van der Waals surface area contributed by atoms with Crippen LogP contribution in [0.4, 0.5) is 4.39 Å². The van der Waals surface area contributed by atoms with Crippen LogP contribution in [-0.2, 0) is 6.61 Å². The first-order valence-corrected chi connectivity index (χ1v) is 8.40. The van der Waals surface area contributed by atoms with Crippen LogP contribution in [0.15, 0.2) is 54.6 Å². The highest BCUT2D eigenvalue weighted by Gasteiger charge is 2.17. The van der Waals surface area contributed by atoms with Crippen molar-refractivity contribution in [2.45, 2.75) is 31.8 Å². The summed E-state index contributed by atoms with van der Waals surface area (Å²) >= 11 is 0. The summed E-state index contributed by atoms with van der Waals surface area (Å²) in [6, 6.07) is 17.0. The lowest BCUT2D eigenvalue weighted by molar-refractivity contribution is 0.301. The molecule has 0 aliphatic heterocycles. The van der Waals surface area contributed by atoms with Gasteiger partial charge in [0, 0.05) is 5.39 Å². The molecule has 24 heavy (non-hydrogen) atoms. The van der Waals surface area contributed by atoms with Gasteiger partial charge < -0.3 is 4.74 Å². The van der Waals surface area contributed by atoms with E-state index in [0.717, 1.165) is 16.8 Å². The van der Waals surface area contributed by atoms with Gasteiger partial charge in [-0.1, -0.05) is 36.8 Å². The van der Waals surface area contributed by atoms with E-state index in [2.05, 4.69) is 23.5 Å². The molecule has 4 rings (SSSR count). The van der Waals surface area contributed by atoms with Crippen molar-refractivity contribution in [1.29, 1.82) is 0 Å². The van der Waals surface area contributed by atoms with Crippen molar-refractivity contribution in [2.24, 2.45) is 0 Å². The number of aromatic nitrogens is 1. The van der Waals surface area contributed by atoms with Crippen LogP contribution >= 0.6 is 0 Å². The Morgan fingerprint density at radius 1 is 1.04 bits per heavy atom. The highest BCUT2D eigenvalue weighted by Crippen LogP contribution is 2.33. The second-order valence-corrected chi connectivity index (χ2v) is 6.24. The van der Waals surface area contributed by atoms with Crippen molar-refractivity contribution in [2.75, 3.05) is 0 Å². The molecule has 1 aliphatic rings. The van der Waals surface area contributed by atoms with Crippen LogP contribution in [0, 0.1) is 12.2 Å². The smallest absolute Gasteiger partial charge is 0.149 e. The van der Waals surface area contributed by atoms with Gasteiger partial charge >= 0.3 is 0 Å². The van der Waals surface area contributed by atoms with E-state index in [1.165, 1.54) is 30.9 Å². The molecule has 1 unspecified atom stereocenters. The number of hydrogen-bond donors (Lipinski definition) is 0. The van der Waals surface area contributed by atoms with Crippen molar-refractivity contribution in [3.63, 3.8) is 0 Å². The number of benzene rings is 2. The van der Waals surface area contributed by atoms with Crippen molar-refractivity contribution in [1.82, 2.24) is 4.98 Å². The van der Waals surface area contributed by atoms with Crippen molar-refractivity contribution >= 4 is 10.9 Å². The number of halogens is 1. The summed E-state index contributed by atoms with van der Waals surface area (Å²) in [6.07, 6.45) is 6.14. The molecule has 1 aliphatic carbocycles. The molecule has 1 aromatic heterocycles. The predicted octanol–water partition coefficient (Wildman–Crippen LogP) is 5.42. The molecular formula is C21H19FNO. The Kier molecular flexibility index (Phi) is 4.16. The monoisotopic (exact) mass is 320 g/mol. The zero-order chi connectivity index (χ0) is 16.4. The summed E-state index contributed by atoms with van der Waals surface area (Å²) in [5.41, 5.74) is 2.47. The number of rotatable bonds is 4. The van der Waals surface area contributed by atoms with E-state index < -0.39 is 0 Å². The van der Waals surface area contributed by atoms with Crippen LogP contribution in [0.2, 0.25) is 0 Å². The van der Waals surface area contributed by atoms with Gasteiger partial charge in [-0.2, -0.15) is 0 Å². The normalized spacial score (nSPS) is 15.0. The molecule has 1 radical (unpaired) electrons. The van der Waals surface area contributed by atoms with Gasteiger partial charge in [0.25, 0.3) is 0 Å². The van der Waals surface area contributed by atoms with Gasteiger partial charge in [-0.05, 0) is 55.0 Å². The molecule has 121 valence electrons. The summed E-state index contributed by atoms with van der Waals surface area (Å²) in [5, 5.41) is 0.802. The quantitative estimate of drug-likeness (QED) is 0.640. The van der Waals surface area contributed by atoms with E-state index in [9.17, 15) is 4.39 Å². The molecule has 1 heterocycles. The molecule has 1 saturated carbocycles. The maximum absolute atomic E-state index is 13.8. The third kappa shape index (κ3) is 3.12. The molecule has 1 atom stereocenters. The highest BCUT2D eigenvalue weighted by atomic mass is 19.1. The van der Waals surface area contributed by atoms with Crippen LogP contribution in [0.25, 0.3) is 10.9 Å². The summed E-state index contributed by atoms with van der Waals surface area (Å²) in [6.45, 7) is 0.333. The van der Waals surface area contributed by atoms with Crippen LogP contribution in [-0.4, -0.2) is 4.98 Å². The Labute approximate surface area is 141 Å². The zero-order valence-electron chi connectivity index (χ0n) is 13.4. The number of pyridine rings is 1. The minimum atomic E-state index is -0.300. The van der Waals surface area contributed by atoms with Crippen molar-refractivity contribution < 1.29 is 9.13 Å². The fraction of sp³-hybridized carbons (Fsp3) is 0.238. The number of ether oxygens (including phenoxy) is 1. The summed E-state index contributed by atoms with van der Waals surface area (Å²) in [4.78, 5) is 4.37. The Morgan fingerprint density at radius 2 is 1.92 bits per heavy atom. The van der Waals surface area contributed by atoms with E-state index >= 15 is 0 Å². The van der Waals surface area contributed by atoms with E-state index in [1.807, 2.05) is 30.3 Å². The molecule has 2 nitrogen and oxygen atoms in total. The molecule has 0 spiro atoms. The van der Waals surface area contributed by atoms with Gasteiger partial charge in [0.2, 0.25) is 0 Å². The second-order valence-electron chi connectivity index (χ2n) is 6.24. The standard InChI is InChI=1S/C21H19FNO/c22-20-7-3-6-17-8-11-18(23-21(17)20)14-24-19-12-9-16(10-13-19)15-4-1-2-5-15/h3-4,6-13,15H,1-2,5,14H2. The third-order valence-corrected chi connectivity index (χ3v) is 4.59. The highest BCUT2D eigenvalue weighted by molar-refractivity contribution is 5.79. The topological polar surface area (TPSA) is 22.1 Å². The minimum absolute atomic E-state index is 0.300. The maximum atomic E-state index is 13.8. The van der Waals surface area contributed by atoms with Gasteiger partial charge in [-0.3, -0.25) is 0 Å². The number of hydrogen-bond acceptors (Lipinski definition) is 2. The average Bonchev–Trinajstić information content (AvgIpc) is 3.16. The first kappa shape index (κ1) is 15.1. The Balaban J connectivity index is 1.45. The summed E-state index contributed by atoms with van der Waals surface area (Å²) in [5.74, 6) is 1.10. The van der Waals surface area contributed by atoms with Crippen LogP contribution < -0.4 is 4.74 Å². The summed E-state index contributed by atoms with van der Waals surface area (Å²) < 4.78 is 19.6. The first-order valence-electron chi connectivity index (χ1n) is 8.40. The van der Waals surface area contributed by atoms with E-state index in [-0.39, 0.29) is 5.82 Å². The van der Waals surface area contributed by atoms with Crippen molar-refractivity contribution in [3.05, 3.63) is 78.1 Å². The average molecular weight is 320 g/mol. The van der Waals surface area contributed by atoms with Gasteiger partial charge in [-0.15, -0.1) is 0 Å². The van der Waals surface area contributed by atoms with Gasteiger partial charge in [0.05, 0.1) is 5.69 Å². The predicted molar refractivity (Wildman–Crippen MR) is 93.4 cm³/mol. The lowest BCUT2D eigenvalue weighted by Crippen LogP contribution is -2.00. The largest absolute Gasteiger partial charge is 0.487 e. The minimum Gasteiger partial charge on any atom is -0.487 e. The van der Waals surface area contributed by atoms with Gasteiger partial charge in [0.15, 0.2) is 0 Å². The van der Waals surface area contributed by atoms with Gasteiger partial charge in [-0.25, -0.2) is 9.37 Å². The van der Waals surface area contributed by atoms with E-state index in [4.69, 9.17) is 4.74 Å². The molecule has 0 amide bonds. The molecule has 1 fully saturated rings. The zero-order valence-corrected chi connectivity index (χ0v) is 13.4. The number of nitrogens with zero attached hydrogens (tertiary/aromatic N) is 1. The maximum Gasteiger partial charge on any atom is 0.149 e. The lowest BCUT2D eigenvalue weighted by atomic mass is 9.98.